The molecule has 0 saturated carbocycles. The predicted molar refractivity (Wildman–Crippen MR) is 102 cm³/mol. The molecule has 1 heterocycles. The summed E-state index contributed by atoms with van der Waals surface area (Å²) in [5.41, 5.74) is 9.09. The maximum absolute atomic E-state index is 12.7. The van der Waals surface area contributed by atoms with Crippen molar-refractivity contribution in [2.75, 3.05) is 31.1 Å². The molecule has 6 heteroatoms. The molecule has 2 aromatic rings. The fourth-order valence-electron chi connectivity index (χ4n) is 3.13. The minimum Gasteiger partial charge on any atom is -0.368 e. The van der Waals surface area contributed by atoms with Gasteiger partial charge in [0.1, 0.15) is 0 Å². The highest BCUT2D eigenvalue weighted by Crippen LogP contribution is 2.18. The zero-order valence-corrected chi connectivity index (χ0v) is 14.9. The first-order chi connectivity index (χ1) is 12.5. The lowest BCUT2D eigenvalue weighted by Crippen LogP contribution is -2.48. The molecule has 26 heavy (non-hydrogen) atoms. The van der Waals surface area contributed by atoms with E-state index in [-0.39, 0.29) is 5.91 Å². The van der Waals surface area contributed by atoms with Gasteiger partial charge >= 0.3 is 6.03 Å². The number of nitrogens with zero attached hydrogens (tertiary/aromatic N) is 2. The van der Waals surface area contributed by atoms with Crippen molar-refractivity contribution < 1.29 is 9.59 Å². The Labute approximate surface area is 153 Å². The van der Waals surface area contributed by atoms with E-state index in [0.717, 1.165) is 18.7 Å². The summed E-state index contributed by atoms with van der Waals surface area (Å²) in [5, 5.41) is 2.54. The van der Waals surface area contributed by atoms with Crippen LogP contribution < -0.4 is 16.0 Å². The number of piperazine rings is 1. The highest BCUT2D eigenvalue weighted by molar-refractivity contribution is 5.94. The topological polar surface area (TPSA) is 78.7 Å². The van der Waals surface area contributed by atoms with E-state index in [0.29, 0.717) is 25.2 Å². The Hall–Kier alpha value is -3.02. The molecule has 0 radical (unpaired) electrons. The lowest BCUT2D eigenvalue weighted by molar-refractivity contribution is 0.0746. The van der Waals surface area contributed by atoms with E-state index in [4.69, 9.17) is 5.73 Å². The highest BCUT2D eigenvalue weighted by Gasteiger charge is 2.22. The van der Waals surface area contributed by atoms with Gasteiger partial charge in [-0.2, -0.15) is 0 Å². The number of nitrogens with one attached hydrogen (secondary N) is 1. The molecule has 0 aromatic heterocycles. The number of aryl methyl sites for hydroxylation is 1. The molecule has 3 amide bonds. The van der Waals surface area contributed by atoms with Crippen LogP contribution in [0.2, 0.25) is 0 Å². The molecule has 2 aromatic carbocycles. The molecule has 6 nitrogen and oxygen atoms in total. The number of primary amides is 1. The molecule has 0 atom stereocenters. The summed E-state index contributed by atoms with van der Waals surface area (Å²) >= 11 is 0. The number of hydrogen-bond donors (Lipinski definition) is 2. The van der Waals surface area contributed by atoms with E-state index in [2.05, 4.69) is 41.4 Å². The van der Waals surface area contributed by atoms with Crippen LogP contribution in [0.5, 0.6) is 0 Å². The summed E-state index contributed by atoms with van der Waals surface area (Å²) in [5.74, 6) is 0.0447. The van der Waals surface area contributed by atoms with Gasteiger partial charge in [0.15, 0.2) is 0 Å². The van der Waals surface area contributed by atoms with E-state index < -0.39 is 6.03 Å². The van der Waals surface area contributed by atoms with Gasteiger partial charge in [0.25, 0.3) is 5.91 Å². The summed E-state index contributed by atoms with van der Waals surface area (Å²) in [6, 6.07) is 15.2. The van der Waals surface area contributed by atoms with Gasteiger partial charge in [0.2, 0.25) is 0 Å². The van der Waals surface area contributed by atoms with Crippen LogP contribution in [0.1, 0.15) is 21.5 Å². The van der Waals surface area contributed by atoms with Crippen LogP contribution >= 0.6 is 0 Å². The third kappa shape index (κ3) is 4.33. The number of anilines is 1. The number of rotatable bonds is 4. The van der Waals surface area contributed by atoms with Gasteiger partial charge in [0.05, 0.1) is 0 Å². The van der Waals surface area contributed by atoms with Gasteiger partial charge in [-0.15, -0.1) is 0 Å². The number of urea groups is 1. The number of nitrogens with two attached hydrogens (primary N) is 1. The maximum atomic E-state index is 12.7. The Bertz CT molecular complexity index is 781. The van der Waals surface area contributed by atoms with Crippen molar-refractivity contribution in [2.45, 2.75) is 13.5 Å². The van der Waals surface area contributed by atoms with Gasteiger partial charge < -0.3 is 20.9 Å². The second-order valence-corrected chi connectivity index (χ2v) is 6.53. The van der Waals surface area contributed by atoms with Crippen LogP contribution in [0, 0.1) is 6.92 Å². The van der Waals surface area contributed by atoms with Gasteiger partial charge in [-0.25, -0.2) is 4.79 Å². The van der Waals surface area contributed by atoms with Crippen molar-refractivity contribution in [3.8, 4) is 0 Å². The quantitative estimate of drug-likeness (QED) is 0.885. The fourth-order valence-corrected chi connectivity index (χ4v) is 3.13. The molecule has 3 N–H and O–H groups in total. The van der Waals surface area contributed by atoms with Crippen molar-refractivity contribution in [2.24, 2.45) is 5.73 Å². The molecular weight excluding hydrogens is 328 g/mol. The van der Waals surface area contributed by atoms with Crippen molar-refractivity contribution >= 4 is 17.6 Å². The number of benzene rings is 2. The van der Waals surface area contributed by atoms with Crippen molar-refractivity contribution in [3.05, 3.63) is 65.2 Å². The van der Waals surface area contributed by atoms with Crippen LogP contribution in [0.3, 0.4) is 0 Å². The number of hydrogen-bond acceptors (Lipinski definition) is 3. The van der Waals surface area contributed by atoms with Crippen LogP contribution in [-0.4, -0.2) is 43.0 Å². The molecule has 3 rings (SSSR count). The first kappa shape index (κ1) is 17.8. The largest absolute Gasteiger partial charge is 0.368 e. The number of amides is 3. The first-order valence-electron chi connectivity index (χ1n) is 8.76. The molecule has 0 unspecified atom stereocenters. The van der Waals surface area contributed by atoms with E-state index in [1.54, 1.807) is 12.1 Å². The number of carbonyl (C=O) groups is 2. The SMILES string of the molecule is Cc1cccc(N2CCN(C(=O)c3ccc(CNC(N)=O)cc3)CC2)c1. The summed E-state index contributed by atoms with van der Waals surface area (Å²) in [7, 11) is 0. The molecule has 1 aliphatic heterocycles. The Morgan fingerprint density at radius 1 is 1.04 bits per heavy atom. The second kappa shape index (κ2) is 7.91. The molecule has 1 saturated heterocycles. The monoisotopic (exact) mass is 352 g/mol. The lowest BCUT2D eigenvalue weighted by Gasteiger charge is -2.36. The second-order valence-electron chi connectivity index (χ2n) is 6.53. The van der Waals surface area contributed by atoms with Crippen LogP contribution in [-0.2, 0) is 6.54 Å². The number of carbonyl (C=O) groups excluding carboxylic acids is 2. The Morgan fingerprint density at radius 3 is 2.35 bits per heavy atom. The van der Waals surface area contributed by atoms with Gasteiger partial charge in [-0.1, -0.05) is 24.3 Å². The van der Waals surface area contributed by atoms with Gasteiger partial charge in [-0.3, -0.25) is 4.79 Å². The van der Waals surface area contributed by atoms with Crippen LogP contribution in [0.4, 0.5) is 10.5 Å². The maximum Gasteiger partial charge on any atom is 0.312 e. The summed E-state index contributed by atoms with van der Waals surface area (Å²) in [6.45, 7) is 5.52. The third-order valence-corrected chi connectivity index (χ3v) is 4.60. The minimum absolute atomic E-state index is 0.0447. The zero-order valence-electron chi connectivity index (χ0n) is 14.9. The van der Waals surface area contributed by atoms with Gasteiger partial charge in [0, 0.05) is 44.0 Å². The standard InChI is InChI=1S/C20H24N4O2/c1-15-3-2-4-18(13-15)23-9-11-24(12-10-23)19(25)17-7-5-16(6-8-17)14-22-20(21)26/h2-8,13H,9-12,14H2,1H3,(H3,21,22,26). The van der Waals surface area contributed by atoms with E-state index >= 15 is 0 Å². The van der Waals surface area contributed by atoms with E-state index in [1.165, 1.54) is 11.3 Å². The first-order valence-corrected chi connectivity index (χ1v) is 8.76. The van der Waals surface area contributed by atoms with E-state index in [1.807, 2.05) is 17.0 Å². The highest BCUT2D eigenvalue weighted by atomic mass is 16.2. The van der Waals surface area contributed by atoms with E-state index in [9.17, 15) is 9.59 Å². The average Bonchev–Trinajstić information content (AvgIpc) is 2.66. The minimum atomic E-state index is -0.559. The summed E-state index contributed by atoms with van der Waals surface area (Å²) < 4.78 is 0. The zero-order chi connectivity index (χ0) is 18.5. The molecule has 136 valence electrons. The Morgan fingerprint density at radius 2 is 1.73 bits per heavy atom. The van der Waals surface area contributed by atoms with Crippen molar-refractivity contribution in [1.82, 2.24) is 10.2 Å². The molecule has 1 fully saturated rings. The normalized spacial score (nSPS) is 14.2. The predicted octanol–water partition coefficient (Wildman–Crippen LogP) is 2.13. The third-order valence-electron chi connectivity index (χ3n) is 4.60. The lowest BCUT2D eigenvalue weighted by atomic mass is 10.1. The van der Waals surface area contributed by atoms with Gasteiger partial charge in [-0.05, 0) is 42.3 Å². The summed E-state index contributed by atoms with van der Waals surface area (Å²) in [6.07, 6.45) is 0. The molecule has 1 aliphatic rings. The molecular formula is C20H24N4O2. The van der Waals surface area contributed by atoms with Crippen molar-refractivity contribution in [3.63, 3.8) is 0 Å². The molecule has 0 spiro atoms. The average molecular weight is 352 g/mol. The molecule has 0 bridgehead atoms. The smallest absolute Gasteiger partial charge is 0.312 e. The van der Waals surface area contributed by atoms with Crippen LogP contribution in [0.25, 0.3) is 0 Å². The van der Waals surface area contributed by atoms with Crippen LogP contribution in [0.15, 0.2) is 48.5 Å². The Balaban J connectivity index is 1.57. The molecule has 0 aliphatic carbocycles. The fraction of sp³-hybridized carbons (Fsp3) is 0.300. The summed E-state index contributed by atoms with van der Waals surface area (Å²) in [4.78, 5) is 27.6. The van der Waals surface area contributed by atoms with Crippen molar-refractivity contribution in [1.29, 1.82) is 0 Å². The Kier molecular flexibility index (Phi) is 5.41.